The number of carbonyl (C=O) groups excluding carboxylic acids is 1. The average molecular weight is 577 g/mol. The van der Waals surface area contributed by atoms with E-state index in [4.69, 9.17) is 4.74 Å². The van der Waals surface area contributed by atoms with Crippen LogP contribution in [0, 0.1) is 10.5 Å². The third-order valence-electron chi connectivity index (χ3n) is 4.85. The van der Waals surface area contributed by atoms with Gasteiger partial charge >= 0.3 is 0 Å². The molecule has 0 atom stereocenters. The Kier molecular flexibility index (Phi) is 8.09. The summed E-state index contributed by atoms with van der Waals surface area (Å²) in [6.07, 6.45) is 0. The highest BCUT2D eigenvalue weighted by Crippen LogP contribution is 2.25. The van der Waals surface area contributed by atoms with Crippen LogP contribution in [0.15, 0.2) is 82.8 Å². The molecule has 33 heavy (non-hydrogen) atoms. The molecule has 0 aliphatic carbocycles. The number of sulfonamides is 1. The summed E-state index contributed by atoms with van der Waals surface area (Å²) >= 11 is 2.20. The highest BCUT2D eigenvalue weighted by molar-refractivity contribution is 14.1. The van der Waals surface area contributed by atoms with Gasteiger partial charge in [-0.1, -0.05) is 29.8 Å². The number of ether oxygens (including phenoxy) is 1. The summed E-state index contributed by atoms with van der Waals surface area (Å²) in [5, 5.41) is 4.15. The van der Waals surface area contributed by atoms with E-state index < -0.39 is 22.5 Å². The highest BCUT2D eigenvalue weighted by Gasteiger charge is 2.27. The van der Waals surface area contributed by atoms with Gasteiger partial charge in [0, 0.05) is 3.57 Å². The predicted molar refractivity (Wildman–Crippen MR) is 138 cm³/mol. The van der Waals surface area contributed by atoms with Gasteiger partial charge in [-0.05, 0) is 90.5 Å². The van der Waals surface area contributed by atoms with E-state index in [1.54, 1.807) is 43.3 Å². The lowest BCUT2D eigenvalue weighted by Gasteiger charge is -2.24. The van der Waals surface area contributed by atoms with Crippen LogP contribution in [0.3, 0.4) is 0 Å². The molecule has 9 heteroatoms. The van der Waals surface area contributed by atoms with Crippen molar-refractivity contribution in [2.75, 3.05) is 18.0 Å². The van der Waals surface area contributed by atoms with Crippen molar-refractivity contribution in [2.24, 2.45) is 5.10 Å². The van der Waals surface area contributed by atoms with E-state index in [-0.39, 0.29) is 4.90 Å². The quantitative estimate of drug-likeness (QED) is 0.245. The number of benzene rings is 3. The maximum absolute atomic E-state index is 13.4. The summed E-state index contributed by atoms with van der Waals surface area (Å²) in [6.45, 7) is 3.25. The zero-order valence-corrected chi connectivity index (χ0v) is 21.4. The Bertz CT molecular complexity index is 1260. The monoisotopic (exact) mass is 577 g/mol. The third kappa shape index (κ3) is 6.32. The first-order valence-electron chi connectivity index (χ1n) is 10.0. The fraction of sp³-hybridized carbons (Fsp3) is 0.167. The molecule has 1 N–H and O–H groups in total. The van der Waals surface area contributed by atoms with Crippen LogP contribution in [-0.2, 0) is 14.8 Å². The van der Waals surface area contributed by atoms with E-state index in [1.807, 2.05) is 31.2 Å². The fourth-order valence-corrected chi connectivity index (χ4v) is 4.96. The Morgan fingerprint density at radius 1 is 1.06 bits per heavy atom. The lowest BCUT2D eigenvalue weighted by Crippen LogP contribution is -2.39. The number of rotatable bonds is 8. The lowest BCUT2D eigenvalue weighted by atomic mass is 10.1. The maximum Gasteiger partial charge on any atom is 0.264 e. The second-order valence-corrected chi connectivity index (χ2v) is 10.4. The van der Waals surface area contributed by atoms with Gasteiger partial charge in [0.25, 0.3) is 15.9 Å². The standard InChI is InChI=1S/C24H24IN3O4S/c1-17-7-9-21(10-8-17)28(33(30,31)23-13-11-22(32-3)12-14-23)16-24(29)27-26-18(2)19-5-4-6-20(25)15-19/h4-15H,16H2,1-3H3,(H,27,29)/b26-18-. The van der Waals surface area contributed by atoms with Crippen molar-refractivity contribution in [3.8, 4) is 5.75 Å². The molecule has 0 aliphatic rings. The minimum Gasteiger partial charge on any atom is -0.497 e. The minimum atomic E-state index is -4.02. The first-order chi connectivity index (χ1) is 15.7. The number of halogens is 1. The molecule has 0 unspecified atom stereocenters. The van der Waals surface area contributed by atoms with Gasteiger partial charge in [0.05, 0.1) is 23.4 Å². The van der Waals surface area contributed by atoms with Crippen molar-refractivity contribution in [1.82, 2.24) is 5.43 Å². The first kappa shape index (κ1) is 24.7. The summed E-state index contributed by atoms with van der Waals surface area (Å²) in [5.41, 5.74) is 5.31. The topological polar surface area (TPSA) is 88.1 Å². The molecular weight excluding hydrogens is 553 g/mol. The molecule has 0 saturated carbocycles. The Morgan fingerprint density at radius 2 is 1.73 bits per heavy atom. The van der Waals surface area contributed by atoms with Gasteiger partial charge in [0.15, 0.2) is 0 Å². The number of hydrazone groups is 1. The number of hydrogen-bond acceptors (Lipinski definition) is 5. The van der Waals surface area contributed by atoms with Crippen molar-refractivity contribution >= 4 is 49.9 Å². The van der Waals surface area contributed by atoms with Crippen LogP contribution in [0.1, 0.15) is 18.1 Å². The summed E-state index contributed by atoms with van der Waals surface area (Å²) in [5.74, 6) is -0.0217. The molecule has 7 nitrogen and oxygen atoms in total. The molecule has 3 aromatic rings. The van der Waals surface area contributed by atoms with Crippen molar-refractivity contribution in [1.29, 1.82) is 0 Å². The number of hydrogen-bond donors (Lipinski definition) is 1. The summed E-state index contributed by atoms with van der Waals surface area (Å²) in [4.78, 5) is 12.8. The van der Waals surface area contributed by atoms with Gasteiger partial charge in [-0.3, -0.25) is 9.10 Å². The van der Waals surface area contributed by atoms with E-state index in [0.29, 0.717) is 17.1 Å². The predicted octanol–water partition coefficient (Wildman–Crippen LogP) is 4.34. The van der Waals surface area contributed by atoms with Gasteiger partial charge in [-0.15, -0.1) is 0 Å². The molecular formula is C24H24IN3O4S. The van der Waals surface area contributed by atoms with Crippen LogP contribution in [0.5, 0.6) is 5.75 Å². The highest BCUT2D eigenvalue weighted by atomic mass is 127. The smallest absolute Gasteiger partial charge is 0.264 e. The largest absolute Gasteiger partial charge is 0.497 e. The molecule has 172 valence electrons. The minimum absolute atomic E-state index is 0.0511. The molecule has 0 heterocycles. The van der Waals surface area contributed by atoms with Gasteiger partial charge in [0.2, 0.25) is 0 Å². The van der Waals surface area contributed by atoms with Crippen molar-refractivity contribution < 1.29 is 17.9 Å². The van der Waals surface area contributed by atoms with E-state index in [2.05, 4.69) is 33.1 Å². The Balaban J connectivity index is 1.87. The second-order valence-electron chi connectivity index (χ2n) is 7.27. The van der Waals surface area contributed by atoms with Crippen LogP contribution in [-0.4, -0.2) is 33.7 Å². The number of nitrogens with zero attached hydrogens (tertiary/aromatic N) is 2. The Hall–Kier alpha value is -2.92. The molecule has 0 fully saturated rings. The van der Waals surface area contributed by atoms with E-state index in [9.17, 15) is 13.2 Å². The van der Waals surface area contributed by atoms with E-state index in [0.717, 1.165) is 19.0 Å². The Labute approximate surface area is 207 Å². The van der Waals surface area contributed by atoms with Gasteiger partial charge in [0.1, 0.15) is 12.3 Å². The third-order valence-corrected chi connectivity index (χ3v) is 7.31. The van der Waals surface area contributed by atoms with Crippen molar-refractivity contribution in [3.63, 3.8) is 0 Å². The molecule has 0 spiro atoms. The summed E-state index contributed by atoms with van der Waals surface area (Å²) < 4.78 is 34.1. The van der Waals surface area contributed by atoms with Gasteiger partial charge < -0.3 is 4.74 Å². The number of carbonyl (C=O) groups is 1. The molecule has 0 aliphatic heterocycles. The molecule has 3 rings (SSSR count). The maximum atomic E-state index is 13.4. The van der Waals surface area contributed by atoms with Crippen LogP contribution < -0.4 is 14.5 Å². The molecule has 0 aromatic heterocycles. The Morgan fingerprint density at radius 3 is 2.33 bits per heavy atom. The lowest BCUT2D eigenvalue weighted by molar-refractivity contribution is -0.119. The SMILES string of the molecule is COc1ccc(S(=O)(=O)N(CC(=O)N/N=C(/C)c2cccc(I)c2)c2ccc(C)cc2)cc1. The van der Waals surface area contributed by atoms with E-state index >= 15 is 0 Å². The fourth-order valence-electron chi connectivity index (χ4n) is 2.99. The van der Waals surface area contributed by atoms with Crippen molar-refractivity contribution in [3.05, 3.63) is 87.5 Å². The number of amides is 1. The van der Waals surface area contributed by atoms with Crippen LogP contribution >= 0.6 is 22.6 Å². The van der Waals surface area contributed by atoms with Gasteiger partial charge in [-0.25, -0.2) is 13.8 Å². The molecule has 0 saturated heterocycles. The molecule has 0 bridgehead atoms. The van der Waals surface area contributed by atoms with Crippen molar-refractivity contribution in [2.45, 2.75) is 18.7 Å². The number of nitrogens with one attached hydrogen (secondary N) is 1. The zero-order valence-electron chi connectivity index (χ0n) is 18.4. The van der Waals surface area contributed by atoms with Crippen LogP contribution in [0.25, 0.3) is 0 Å². The van der Waals surface area contributed by atoms with Crippen LogP contribution in [0.4, 0.5) is 5.69 Å². The number of anilines is 1. The molecule has 3 aromatic carbocycles. The van der Waals surface area contributed by atoms with E-state index in [1.165, 1.54) is 19.2 Å². The average Bonchev–Trinajstić information content (AvgIpc) is 2.81. The van der Waals surface area contributed by atoms with Crippen LogP contribution in [0.2, 0.25) is 0 Å². The number of aryl methyl sites for hydroxylation is 1. The number of methoxy groups -OCH3 is 1. The molecule has 1 amide bonds. The molecule has 0 radical (unpaired) electrons. The van der Waals surface area contributed by atoms with Gasteiger partial charge in [-0.2, -0.15) is 5.10 Å². The zero-order chi connectivity index (χ0) is 24.0. The second kappa shape index (κ2) is 10.8. The summed E-state index contributed by atoms with van der Waals surface area (Å²) in [7, 11) is -2.51. The first-order valence-corrected chi connectivity index (χ1v) is 12.5. The normalized spacial score (nSPS) is 11.7. The summed E-state index contributed by atoms with van der Waals surface area (Å²) in [6, 6.07) is 20.7.